The number of hydrogen-bond acceptors (Lipinski definition) is 6. The summed E-state index contributed by atoms with van der Waals surface area (Å²) in [4.78, 5) is 8.76. The van der Waals surface area contributed by atoms with E-state index >= 15 is 0 Å². The molecule has 4 aromatic carbocycles. The van der Waals surface area contributed by atoms with Crippen molar-refractivity contribution in [2.75, 3.05) is 31.9 Å². The van der Waals surface area contributed by atoms with Gasteiger partial charge in [-0.15, -0.1) is 17.1 Å². The molecular formula is C45H48N6NiO2. The molecule has 2 aromatic heterocycles. The molecule has 8 rings (SSSR count). The zero-order valence-corrected chi connectivity index (χ0v) is 31.9. The summed E-state index contributed by atoms with van der Waals surface area (Å²) in [5.41, 5.74) is 16.6. The zero-order chi connectivity index (χ0) is 36.8. The summed E-state index contributed by atoms with van der Waals surface area (Å²) < 4.78 is 9.89. The van der Waals surface area contributed by atoms with Crippen LogP contribution in [-0.4, -0.2) is 42.8 Å². The fourth-order valence-electron chi connectivity index (χ4n) is 5.14. The number of benzene rings is 4. The van der Waals surface area contributed by atoms with Gasteiger partial charge in [0.2, 0.25) is 0 Å². The van der Waals surface area contributed by atoms with Crippen LogP contribution >= 0.6 is 0 Å². The van der Waals surface area contributed by atoms with Gasteiger partial charge >= 0.3 is 16.5 Å². The number of rotatable bonds is 8. The van der Waals surface area contributed by atoms with Crippen molar-refractivity contribution in [3.05, 3.63) is 191 Å². The van der Waals surface area contributed by atoms with Crippen molar-refractivity contribution in [3.63, 3.8) is 0 Å². The third kappa shape index (κ3) is 14.6. The molecule has 0 unspecified atom stereocenters. The van der Waals surface area contributed by atoms with Gasteiger partial charge in [0, 0.05) is 50.1 Å². The van der Waals surface area contributed by atoms with Crippen molar-refractivity contribution in [2.24, 2.45) is 10.2 Å². The number of hydrogen-bond donors (Lipinski definition) is 1. The van der Waals surface area contributed by atoms with Gasteiger partial charge in [-0.2, -0.15) is 5.10 Å². The van der Waals surface area contributed by atoms with Crippen molar-refractivity contribution in [2.45, 2.75) is 39.5 Å². The number of hydrazone groups is 1. The molecule has 0 aliphatic carbocycles. The summed E-state index contributed by atoms with van der Waals surface area (Å²) in [6.07, 6.45) is 8.61. The summed E-state index contributed by atoms with van der Waals surface area (Å²) in [6.45, 7) is 8.14. The molecule has 280 valence electrons. The molecule has 2 saturated heterocycles. The first-order valence-electron chi connectivity index (χ1n) is 18.2. The van der Waals surface area contributed by atoms with Crippen molar-refractivity contribution >= 4 is 22.8 Å². The van der Waals surface area contributed by atoms with Gasteiger partial charge in [0.25, 0.3) is 0 Å². The average Bonchev–Trinajstić information content (AvgIpc) is 4.06. The van der Waals surface area contributed by atoms with Crippen LogP contribution in [0.25, 0.3) is 5.43 Å². The molecule has 0 amide bonds. The molecule has 0 spiro atoms. The number of aryl methyl sites for hydroxylation is 2. The second kappa shape index (κ2) is 24.1. The summed E-state index contributed by atoms with van der Waals surface area (Å²) >= 11 is 0. The standard InChI is InChI=1S/C32H27N5.C5H5N.2C4H8O.Ni/c1-23-13-17-25(18-14-23)31(36-34-27-9-5-3-6-10-27)29-21-22-30(33-29)32(26-19-15-24(2)16-20-26)37-35-28-11-7-4-8-12-28;1-2-4-6-5-3-1;2*1-2-4-5-3-1;/h3-22,34H,1-2H3;1-5H;2*1-4H2;/q-2;;;;+2/b36-31+,37-32-;;;;. The van der Waals surface area contributed by atoms with Crippen molar-refractivity contribution in [1.29, 1.82) is 0 Å². The van der Waals surface area contributed by atoms with Gasteiger partial charge in [-0.25, -0.2) is 0 Å². The topological polar surface area (TPSA) is 96.3 Å². The van der Waals surface area contributed by atoms with Crippen LogP contribution in [0.5, 0.6) is 0 Å². The van der Waals surface area contributed by atoms with Gasteiger partial charge in [0.1, 0.15) is 0 Å². The maximum atomic E-state index is 4.97. The molecule has 0 radical (unpaired) electrons. The molecule has 4 heterocycles. The minimum atomic E-state index is 0. The third-order valence-electron chi connectivity index (χ3n) is 8.09. The average molecular weight is 764 g/mol. The van der Waals surface area contributed by atoms with Crippen LogP contribution in [0.3, 0.4) is 0 Å². The third-order valence-corrected chi connectivity index (χ3v) is 8.09. The van der Waals surface area contributed by atoms with E-state index in [-0.39, 0.29) is 16.5 Å². The number of ether oxygens (including phenoxy) is 2. The van der Waals surface area contributed by atoms with Gasteiger partial charge in [-0.3, -0.25) is 10.4 Å². The van der Waals surface area contributed by atoms with E-state index in [1.807, 2.05) is 91.0 Å². The summed E-state index contributed by atoms with van der Waals surface area (Å²) in [7, 11) is 0. The quantitative estimate of drug-likeness (QED) is 0.0946. The number of nitrogens with one attached hydrogen (secondary N) is 1. The Kier molecular flexibility index (Phi) is 18.5. The molecule has 0 atom stereocenters. The van der Waals surface area contributed by atoms with Crippen LogP contribution < -0.4 is 10.4 Å². The van der Waals surface area contributed by atoms with E-state index in [1.54, 1.807) is 12.4 Å². The number of pyridine rings is 1. The molecule has 2 fully saturated rings. The van der Waals surface area contributed by atoms with E-state index in [1.165, 1.54) is 36.8 Å². The molecule has 8 nitrogen and oxygen atoms in total. The second-order valence-electron chi connectivity index (χ2n) is 12.4. The Bertz CT molecular complexity index is 1760. The Labute approximate surface area is 330 Å². The molecule has 6 aromatic rings. The maximum absolute atomic E-state index is 4.97. The molecule has 0 bridgehead atoms. The minimum absolute atomic E-state index is 0. The molecule has 2 aliphatic rings. The van der Waals surface area contributed by atoms with E-state index < -0.39 is 0 Å². The Morgan fingerprint density at radius 2 is 1.04 bits per heavy atom. The van der Waals surface area contributed by atoms with Crippen LogP contribution in [0.1, 0.15) is 59.3 Å². The van der Waals surface area contributed by atoms with Crippen molar-refractivity contribution < 1.29 is 26.0 Å². The molecular weight excluding hydrogens is 715 g/mol. The molecule has 1 N–H and O–H groups in total. The van der Waals surface area contributed by atoms with Gasteiger partial charge in [-0.1, -0.05) is 126 Å². The number of para-hydroxylation sites is 1. The Morgan fingerprint density at radius 1 is 0.574 bits per heavy atom. The van der Waals surface area contributed by atoms with Crippen LogP contribution in [0.4, 0.5) is 11.4 Å². The van der Waals surface area contributed by atoms with Crippen LogP contribution in [0.15, 0.2) is 162 Å². The Balaban J connectivity index is 0.000000312. The van der Waals surface area contributed by atoms with E-state index in [9.17, 15) is 0 Å². The van der Waals surface area contributed by atoms with Crippen LogP contribution in [0.2, 0.25) is 0 Å². The number of anilines is 1. The summed E-state index contributed by atoms with van der Waals surface area (Å²) in [5.74, 6) is 0. The first-order chi connectivity index (χ1) is 26.2. The first kappa shape index (κ1) is 41.4. The van der Waals surface area contributed by atoms with Gasteiger partial charge in [0.05, 0.1) is 11.4 Å². The molecule has 2 aliphatic heterocycles. The van der Waals surface area contributed by atoms with E-state index in [0.717, 1.165) is 66.0 Å². The summed E-state index contributed by atoms with van der Waals surface area (Å²) in [6, 6.07) is 45.8. The SMILES string of the molecule is C1CCOC1.C1CCOC1.Cc1ccc(/C(=N/[N-]c2ccccc2)c2ccc(/C(=N/Nc3ccccc3)c3ccc(C)cc3)[n-]2)cc1.[Ni+2].c1ccncc1. The minimum Gasteiger partial charge on any atom is -0.654 e. The van der Waals surface area contributed by atoms with Crippen molar-refractivity contribution in [1.82, 2.24) is 9.97 Å². The molecule has 9 heteroatoms. The van der Waals surface area contributed by atoms with Crippen LogP contribution in [-0.2, 0) is 26.0 Å². The fourth-order valence-corrected chi connectivity index (χ4v) is 5.14. The van der Waals surface area contributed by atoms with Crippen LogP contribution in [0, 0.1) is 13.8 Å². The van der Waals surface area contributed by atoms with E-state index in [4.69, 9.17) is 19.6 Å². The normalized spacial score (nSPS) is 13.4. The molecule has 54 heavy (non-hydrogen) atoms. The molecule has 0 saturated carbocycles. The van der Waals surface area contributed by atoms with Crippen molar-refractivity contribution in [3.8, 4) is 0 Å². The van der Waals surface area contributed by atoms with Gasteiger partial charge in [-0.05, 0) is 69.4 Å². The Morgan fingerprint density at radius 3 is 1.48 bits per heavy atom. The number of nitrogens with zero attached hydrogens (tertiary/aromatic N) is 5. The largest absolute Gasteiger partial charge is 2.00 e. The van der Waals surface area contributed by atoms with E-state index in [2.05, 4.69) is 83.3 Å². The fraction of sp³-hybridized carbons (Fsp3) is 0.222. The Hall–Kier alpha value is -5.34. The smallest absolute Gasteiger partial charge is 0.654 e. The van der Waals surface area contributed by atoms with E-state index in [0.29, 0.717) is 5.71 Å². The number of aromatic nitrogens is 2. The zero-order valence-electron chi connectivity index (χ0n) is 31.0. The van der Waals surface area contributed by atoms with Gasteiger partial charge < -0.3 is 25.0 Å². The first-order valence-corrected chi connectivity index (χ1v) is 18.2. The predicted octanol–water partition coefficient (Wildman–Crippen LogP) is 10.3. The monoisotopic (exact) mass is 762 g/mol. The second-order valence-corrected chi connectivity index (χ2v) is 12.4. The maximum Gasteiger partial charge on any atom is 2.00 e. The predicted molar refractivity (Wildman–Crippen MR) is 217 cm³/mol. The van der Waals surface area contributed by atoms with Gasteiger partial charge in [0.15, 0.2) is 0 Å². The summed E-state index contributed by atoms with van der Waals surface area (Å²) in [5, 5.41) is 9.39.